The second-order valence-corrected chi connectivity index (χ2v) is 8.31. The fraction of sp³-hybridized carbons (Fsp3) is 0.381. The quantitative estimate of drug-likeness (QED) is 0.735. The topological polar surface area (TPSA) is 36.4 Å². The number of rotatable bonds is 3. The average Bonchev–Trinajstić information content (AvgIpc) is 3.33. The highest BCUT2D eigenvalue weighted by Gasteiger charge is 2.29. The van der Waals surface area contributed by atoms with E-state index in [1.165, 1.54) is 33.7 Å². The summed E-state index contributed by atoms with van der Waals surface area (Å²) in [7, 11) is 0. The number of nitrogens with zero attached hydrogens (tertiary/aromatic N) is 2. The van der Waals surface area contributed by atoms with E-state index in [2.05, 4.69) is 35.2 Å². The minimum Gasteiger partial charge on any atom is -0.508 e. The van der Waals surface area contributed by atoms with Crippen LogP contribution >= 0.6 is 11.3 Å². The molecule has 5 rings (SSSR count). The largest absolute Gasteiger partial charge is 0.508 e. The molecule has 1 aliphatic heterocycles. The van der Waals surface area contributed by atoms with Gasteiger partial charge in [-0.05, 0) is 68.0 Å². The maximum absolute atomic E-state index is 10.5. The first-order chi connectivity index (χ1) is 12.3. The number of para-hydroxylation sites is 1. The van der Waals surface area contributed by atoms with Crippen LogP contribution in [0.1, 0.15) is 47.0 Å². The number of hydrogen-bond donors (Lipinski definition) is 1. The number of thiazole rings is 1. The van der Waals surface area contributed by atoms with E-state index in [1.54, 1.807) is 0 Å². The number of hydrogen-bond acceptors (Lipinski definition) is 4. The molecule has 3 nitrogen and oxygen atoms in total. The van der Waals surface area contributed by atoms with Crippen molar-refractivity contribution in [2.45, 2.75) is 44.7 Å². The van der Waals surface area contributed by atoms with Gasteiger partial charge in [0.2, 0.25) is 0 Å². The molecule has 0 saturated carbocycles. The lowest BCUT2D eigenvalue weighted by molar-refractivity contribution is 0.245. The normalized spacial score (nSPS) is 20.4. The SMILES string of the molecule is Oc1cc2c(cc1CN1CCC[C@H]1c1nc3ccccc3s1)CCC2. The number of phenols is 1. The third-order valence-electron chi connectivity index (χ3n) is 5.63. The Morgan fingerprint density at radius 1 is 1.12 bits per heavy atom. The predicted octanol–water partition coefficient (Wildman–Crippen LogP) is 4.83. The molecule has 0 bridgehead atoms. The van der Waals surface area contributed by atoms with Crippen LogP contribution in [0.5, 0.6) is 5.75 Å². The van der Waals surface area contributed by atoms with Gasteiger partial charge in [0.25, 0.3) is 0 Å². The van der Waals surface area contributed by atoms with E-state index in [9.17, 15) is 5.11 Å². The molecule has 1 aromatic heterocycles. The molecule has 0 spiro atoms. The van der Waals surface area contributed by atoms with Gasteiger partial charge in [-0.25, -0.2) is 4.98 Å². The molecule has 1 saturated heterocycles. The van der Waals surface area contributed by atoms with Gasteiger partial charge in [0.1, 0.15) is 10.8 Å². The van der Waals surface area contributed by atoms with Gasteiger partial charge in [0.15, 0.2) is 0 Å². The first kappa shape index (κ1) is 15.4. The highest BCUT2D eigenvalue weighted by Crippen LogP contribution is 2.38. The molecule has 2 aromatic carbocycles. The van der Waals surface area contributed by atoms with E-state index < -0.39 is 0 Å². The molecule has 1 aliphatic carbocycles. The summed E-state index contributed by atoms with van der Waals surface area (Å²) >= 11 is 1.82. The summed E-state index contributed by atoms with van der Waals surface area (Å²) in [6.07, 6.45) is 5.85. The van der Waals surface area contributed by atoms with Crippen LogP contribution < -0.4 is 0 Å². The lowest BCUT2D eigenvalue weighted by Gasteiger charge is -2.23. The summed E-state index contributed by atoms with van der Waals surface area (Å²) in [4.78, 5) is 7.38. The summed E-state index contributed by atoms with van der Waals surface area (Å²) in [6, 6.07) is 13.0. The Balaban J connectivity index is 1.43. The Bertz CT molecular complexity index is 900. The first-order valence-corrected chi connectivity index (χ1v) is 10.0. The number of aromatic nitrogens is 1. The van der Waals surface area contributed by atoms with Crippen molar-refractivity contribution in [3.05, 3.63) is 58.1 Å². The summed E-state index contributed by atoms with van der Waals surface area (Å²) < 4.78 is 1.27. The van der Waals surface area contributed by atoms with E-state index in [0.29, 0.717) is 11.8 Å². The van der Waals surface area contributed by atoms with Crippen LogP contribution in [0, 0.1) is 0 Å². The number of fused-ring (bicyclic) bond motifs is 2. The monoisotopic (exact) mass is 350 g/mol. The fourth-order valence-electron chi connectivity index (χ4n) is 4.34. The van der Waals surface area contributed by atoms with Crippen LogP contribution in [-0.2, 0) is 19.4 Å². The van der Waals surface area contributed by atoms with Crippen molar-refractivity contribution in [1.82, 2.24) is 9.88 Å². The van der Waals surface area contributed by atoms with Gasteiger partial charge in [0, 0.05) is 12.1 Å². The smallest absolute Gasteiger partial charge is 0.120 e. The van der Waals surface area contributed by atoms with E-state index in [4.69, 9.17) is 4.98 Å². The summed E-state index contributed by atoms with van der Waals surface area (Å²) in [5.74, 6) is 0.468. The Hall–Kier alpha value is -1.91. The van der Waals surface area contributed by atoms with Gasteiger partial charge in [0.05, 0.1) is 16.3 Å². The molecule has 4 heteroatoms. The molecule has 25 heavy (non-hydrogen) atoms. The molecular weight excluding hydrogens is 328 g/mol. The van der Waals surface area contributed by atoms with Crippen molar-refractivity contribution < 1.29 is 5.11 Å². The minimum absolute atomic E-state index is 0.380. The van der Waals surface area contributed by atoms with E-state index >= 15 is 0 Å². The summed E-state index contributed by atoms with van der Waals surface area (Å²) in [5.41, 5.74) is 4.96. The Labute approximate surface area is 151 Å². The highest BCUT2D eigenvalue weighted by atomic mass is 32.1. The zero-order chi connectivity index (χ0) is 16.8. The lowest BCUT2D eigenvalue weighted by Crippen LogP contribution is -2.22. The molecule has 1 atom stereocenters. The average molecular weight is 350 g/mol. The lowest BCUT2D eigenvalue weighted by atomic mass is 10.0. The zero-order valence-electron chi connectivity index (χ0n) is 14.2. The molecule has 1 N–H and O–H groups in total. The van der Waals surface area contributed by atoms with Crippen molar-refractivity contribution in [3.63, 3.8) is 0 Å². The Morgan fingerprint density at radius 2 is 1.96 bits per heavy atom. The van der Waals surface area contributed by atoms with Crippen molar-refractivity contribution >= 4 is 21.6 Å². The number of likely N-dealkylation sites (tertiary alicyclic amines) is 1. The second-order valence-electron chi connectivity index (χ2n) is 7.25. The third kappa shape index (κ3) is 2.74. The molecule has 0 amide bonds. The molecule has 0 radical (unpaired) electrons. The van der Waals surface area contributed by atoms with Gasteiger partial charge in [-0.15, -0.1) is 11.3 Å². The highest BCUT2D eigenvalue weighted by molar-refractivity contribution is 7.18. The molecule has 0 unspecified atom stereocenters. The van der Waals surface area contributed by atoms with Crippen LogP contribution in [0.15, 0.2) is 36.4 Å². The van der Waals surface area contributed by atoms with Crippen LogP contribution in [0.3, 0.4) is 0 Å². The van der Waals surface area contributed by atoms with Crippen LogP contribution in [0.25, 0.3) is 10.2 Å². The molecule has 2 aliphatic rings. The van der Waals surface area contributed by atoms with Crippen molar-refractivity contribution in [2.75, 3.05) is 6.54 Å². The van der Waals surface area contributed by atoms with Crippen LogP contribution in [-0.4, -0.2) is 21.5 Å². The molecule has 3 aromatic rings. The van der Waals surface area contributed by atoms with Gasteiger partial charge in [-0.3, -0.25) is 4.90 Å². The number of aromatic hydroxyl groups is 1. The zero-order valence-corrected chi connectivity index (χ0v) is 15.1. The van der Waals surface area contributed by atoms with E-state index in [1.807, 2.05) is 17.4 Å². The maximum Gasteiger partial charge on any atom is 0.120 e. The number of benzene rings is 2. The van der Waals surface area contributed by atoms with E-state index in [0.717, 1.165) is 43.4 Å². The Kier molecular flexibility index (Phi) is 3.75. The van der Waals surface area contributed by atoms with E-state index in [-0.39, 0.29) is 0 Å². The summed E-state index contributed by atoms with van der Waals surface area (Å²) in [6.45, 7) is 1.90. The van der Waals surface area contributed by atoms with Crippen LogP contribution in [0.4, 0.5) is 0 Å². The standard InChI is InChI=1S/C21H22N2OS/c24-19-12-15-6-3-5-14(15)11-16(19)13-23-10-4-8-18(23)21-22-17-7-1-2-9-20(17)25-21/h1-2,7,9,11-12,18,24H,3-6,8,10,13H2/t18-/m0/s1. The molecule has 128 valence electrons. The second kappa shape index (κ2) is 6.11. The fourth-order valence-corrected chi connectivity index (χ4v) is 5.47. The number of aryl methyl sites for hydroxylation is 2. The van der Waals surface area contributed by atoms with Gasteiger partial charge in [-0.2, -0.15) is 0 Å². The van der Waals surface area contributed by atoms with Crippen molar-refractivity contribution in [3.8, 4) is 5.75 Å². The maximum atomic E-state index is 10.5. The number of phenolic OH excluding ortho intramolecular Hbond substituents is 1. The predicted molar refractivity (Wildman–Crippen MR) is 102 cm³/mol. The minimum atomic E-state index is 0.380. The van der Waals surface area contributed by atoms with Gasteiger partial charge in [-0.1, -0.05) is 18.2 Å². The van der Waals surface area contributed by atoms with Crippen LogP contribution in [0.2, 0.25) is 0 Å². The van der Waals surface area contributed by atoms with Crippen molar-refractivity contribution in [1.29, 1.82) is 0 Å². The summed E-state index contributed by atoms with van der Waals surface area (Å²) in [5, 5.41) is 11.7. The first-order valence-electron chi connectivity index (χ1n) is 9.21. The van der Waals surface area contributed by atoms with Gasteiger partial charge < -0.3 is 5.11 Å². The molecular formula is C21H22N2OS. The molecule has 2 heterocycles. The Morgan fingerprint density at radius 3 is 2.84 bits per heavy atom. The third-order valence-corrected chi connectivity index (χ3v) is 6.76. The molecule has 1 fully saturated rings. The van der Waals surface area contributed by atoms with Gasteiger partial charge >= 0.3 is 0 Å². The van der Waals surface area contributed by atoms with Crippen molar-refractivity contribution in [2.24, 2.45) is 0 Å².